The van der Waals surface area contributed by atoms with Crippen LogP contribution in [0.3, 0.4) is 0 Å². The maximum absolute atomic E-state index is 13.8. The second kappa shape index (κ2) is 10.5. The van der Waals surface area contributed by atoms with Gasteiger partial charge in [0.05, 0.1) is 0 Å². The highest BCUT2D eigenvalue weighted by Crippen LogP contribution is 2.35. The summed E-state index contributed by atoms with van der Waals surface area (Å²) < 4.78 is 0. The molecule has 35 heavy (non-hydrogen) atoms. The Balaban J connectivity index is 1.35. The van der Waals surface area contributed by atoms with Gasteiger partial charge in [-0.25, -0.2) is 0 Å². The number of likely N-dealkylation sites (tertiary alicyclic amines) is 2. The number of rotatable bonds is 6. The summed E-state index contributed by atoms with van der Waals surface area (Å²) in [5.41, 5.74) is 10.5. The van der Waals surface area contributed by atoms with Gasteiger partial charge < -0.3 is 15.5 Å². The molecular formula is C30H34ClN3O. The molecule has 3 aromatic rings. The lowest BCUT2D eigenvalue weighted by atomic mass is 9.96. The number of halogens is 1. The van der Waals surface area contributed by atoms with E-state index in [1.807, 2.05) is 43.3 Å². The predicted molar refractivity (Wildman–Crippen MR) is 143 cm³/mol. The van der Waals surface area contributed by atoms with Gasteiger partial charge in [0.25, 0.3) is 5.91 Å². The summed E-state index contributed by atoms with van der Waals surface area (Å²) in [5.74, 6) is 0.981. The third-order valence-corrected chi connectivity index (χ3v) is 7.94. The fourth-order valence-corrected chi connectivity index (χ4v) is 5.86. The summed E-state index contributed by atoms with van der Waals surface area (Å²) in [7, 11) is 0. The molecule has 1 amide bonds. The van der Waals surface area contributed by atoms with Gasteiger partial charge in [-0.2, -0.15) is 0 Å². The minimum Gasteiger partial charge on any atom is -0.334 e. The molecule has 0 saturated carbocycles. The first kappa shape index (κ1) is 24.1. The Kier molecular flexibility index (Phi) is 7.24. The second-order valence-corrected chi connectivity index (χ2v) is 10.6. The molecule has 4 atom stereocenters. The molecule has 2 aliphatic rings. The molecule has 2 fully saturated rings. The number of hydrogen-bond acceptors (Lipinski definition) is 3. The van der Waals surface area contributed by atoms with Crippen LogP contribution in [0.2, 0.25) is 5.02 Å². The predicted octanol–water partition coefficient (Wildman–Crippen LogP) is 5.85. The largest absolute Gasteiger partial charge is 0.334 e. The van der Waals surface area contributed by atoms with E-state index in [1.165, 1.54) is 17.5 Å². The minimum absolute atomic E-state index is 0.0986. The van der Waals surface area contributed by atoms with Crippen molar-refractivity contribution >= 4 is 17.5 Å². The lowest BCUT2D eigenvalue weighted by molar-refractivity contribution is 0.0707. The quantitative estimate of drug-likeness (QED) is 0.474. The Morgan fingerprint density at radius 1 is 0.971 bits per heavy atom. The molecule has 0 aromatic heterocycles. The average Bonchev–Trinajstić information content (AvgIpc) is 3.52. The summed E-state index contributed by atoms with van der Waals surface area (Å²) in [5, 5.41) is 0.743. The van der Waals surface area contributed by atoms with Crippen molar-refractivity contribution in [2.75, 3.05) is 26.2 Å². The van der Waals surface area contributed by atoms with Crippen molar-refractivity contribution in [2.24, 2.45) is 5.73 Å². The van der Waals surface area contributed by atoms with Gasteiger partial charge in [0.2, 0.25) is 0 Å². The van der Waals surface area contributed by atoms with Crippen molar-refractivity contribution in [1.82, 2.24) is 9.80 Å². The van der Waals surface area contributed by atoms with Crippen LogP contribution < -0.4 is 5.73 Å². The highest BCUT2D eigenvalue weighted by atomic mass is 35.5. The summed E-state index contributed by atoms with van der Waals surface area (Å²) in [6.07, 6.45) is 2.13. The fourth-order valence-electron chi connectivity index (χ4n) is 5.73. The molecule has 0 spiro atoms. The van der Waals surface area contributed by atoms with Gasteiger partial charge >= 0.3 is 0 Å². The molecule has 4 unspecified atom stereocenters. The van der Waals surface area contributed by atoms with E-state index in [9.17, 15) is 4.79 Å². The van der Waals surface area contributed by atoms with Crippen molar-refractivity contribution in [3.8, 4) is 0 Å². The summed E-state index contributed by atoms with van der Waals surface area (Å²) in [4.78, 5) is 18.4. The molecule has 5 rings (SSSR count). The second-order valence-electron chi connectivity index (χ2n) is 10.2. The molecule has 0 radical (unpaired) electrons. The first-order chi connectivity index (χ1) is 17.0. The van der Waals surface area contributed by atoms with Gasteiger partial charge in [-0.3, -0.25) is 4.79 Å². The van der Waals surface area contributed by atoms with Gasteiger partial charge in [0, 0.05) is 48.2 Å². The van der Waals surface area contributed by atoms with Gasteiger partial charge in [0.15, 0.2) is 0 Å². The van der Waals surface area contributed by atoms with Crippen LogP contribution in [0.4, 0.5) is 0 Å². The minimum atomic E-state index is -0.0986. The molecule has 2 heterocycles. The lowest BCUT2D eigenvalue weighted by Gasteiger charge is -2.29. The SMILES string of the molecule is CC(N)c1cccc(C(=O)N2CC(c3ccc(Cl)cc3)CC2CN2CCC(c3ccccc3)C2)c1. The first-order valence-corrected chi connectivity index (χ1v) is 13.0. The highest BCUT2D eigenvalue weighted by Gasteiger charge is 2.38. The van der Waals surface area contributed by atoms with Crippen LogP contribution in [-0.4, -0.2) is 47.9 Å². The standard InChI is InChI=1S/C30H34ClN3O/c1-21(32)24-8-5-9-25(16-24)30(35)34-19-27(23-10-12-28(31)13-11-23)17-29(34)20-33-15-14-26(18-33)22-6-3-2-4-7-22/h2-13,16,21,26-27,29H,14-15,17-20,32H2,1H3. The van der Waals surface area contributed by atoms with Crippen LogP contribution in [0.5, 0.6) is 0 Å². The third kappa shape index (κ3) is 5.45. The van der Waals surface area contributed by atoms with Crippen LogP contribution in [0.25, 0.3) is 0 Å². The van der Waals surface area contributed by atoms with E-state index in [1.54, 1.807) is 0 Å². The lowest BCUT2D eigenvalue weighted by Crippen LogP contribution is -2.42. The van der Waals surface area contributed by atoms with Crippen molar-refractivity contribution in [3.05, 3.63) is 106 Å². The normalized spacial score (nSPS) is 23.5. The summed E-state index contributed by atoms with van der Waals surface area (Å²) in [6, 6.07) is 26.8. The van der Waals surface area contributed by atoms with Crippen molar-refractivity contribution in [3.63, 3.8) is 0 Å². The van der Waals surface area contributed by atoms with Crippen molar-refractivity contribution < 1.29 is 4.79 Å². The zero-order valence-corrected chi connectivity index (χ0v) is 21.1. The number of benzene rings is 3. The Morgan fingerprint density at radius 3 is 2.46 bits per heavy atom. The Labute approximate surface area is 213 Å². The Hall–Kier alpha value is -2.66. The zero-order valence-electron chi connectivity index (χ0n) is 20.3. The molecule has 3 aromatic carbocycles. The number of nitrogens with zero attached hydrogens (tertiary/aromatic N) is 2. The Morgan fingerprint density at radius 2 is 1.71 bits per heavy atom. The molecule has 2 aliphatic heterocycles. The summed E-state index contributed by atoms with van der Waals surface area (Å²) >= 11 is 6.14. The monoisotopic (exact) mass is 487 g/mol. The number of hydrogen-bond donors (Lipinski definition) is 1. The van der Waals surface area contributed by atoms with E-state index in [2.05, 4.69) is 52.3 Å². The average molecular weight is 488 g/mol. The smallest absolute Gasteiger partial charge is 0.254 e. The molecule has 182 valence electrons. The van der Waals surface area contributed by atoms with E-state index in [0.717, 1.165) is 48.7 Å². The van der Waals surface area contributed by atoms with Crippen molar-refractivity contribution in [1.29, 1.82) is 0 Å². The van der Waals surface area contributed by atoms with Crippen LogP contribution in [0, 0.1) is 0 Å². The maximum Gasteiger partial charge on any atom is 0.254 e. The Bertz CT molecular complexity index is 1150. The fraction of sp³-hybridized carbons (Fsp3) is 0.367. The molecule has 4 nitrogen and oxygen atoms in total. The molecule has 0 bridgehead atoms. The van der Waals surface area contributed by atoms with Gasteiger partial charge in [-0.05, 0) is 73.2 Å². The highest BCUT2D eigenvalue weighted by molar-refractivity contribution is 6.30. The van der Waals surface area contributed by atoms with Crippen LogP contribution >= 0.6 is 11.6 Å². The van der Waals surface area contributed by atoms with E-state index >= 15 is 0 Å². The van der Waals surface area contributed by atoms with E-state index < -0.39 is 0 Å². The van der Waals surface area contributed by atoms with Crippen LogP contribution in [0.1, 0.15) is 64.7 Å². The summed E-state index contributed by atoms with van der Waals surface area (Å²) in [6.45, 7) is 5.71. The molecule has 2 saturated heterocycles. The zero-order chi connectivity index (χ0) is 24.4. The van der Waals surface area contributed by atoms with E-state index in [0.29, 0.717) is 11.8 Å². The number of carbonyl (C=O) groups excluding carboxylic acids is 1. The van der Waals surface area contributed by atoms with E-state index in [-0.39, 0.29) is 18.0 Å². The van der Waals surface area contributed by atoms with Crippen molar-refractivity contribution in [2.45, 2.75) is 43.7 Å². The molecular weight excluding hydrogens is 454 g/mol. The molecule has 0 aliphatic carbocycles. The number of nitrogens with two attached hydrogens (primary N) is 1. The van der Waals surface area contributed by atoms with Gasteiger partial charge in [0.1, 0.15) is 0 Å². The maximum atomic E-state index is 13.8. The van der Waals surface area contributed by atoms with Crippen LogP contribution in [-0.2, 0) is 0 Å². The number of carbonyl (C=O) groups is 1. The van der Waals surface area contributed by atoms with Crippen LogP contribution in [0.15, 0.2) is 78.9 Å². The topological polar surface area (TPSA) is 49.6 Å². The number of amides is 1. The third-order valence-electron chi connectivity index (χ3n) is 7.69. The first-order valence-electron chi connectivity index (χ1n) is 12.7. The van der Waals surface area contributed by atoms with Gasteiger partial charge in [-0.1, -0.05) is 66.2 Å². The molecule has 5 heteroatoms. The van der Waals surface area contributed by atoms with Gasteiger partial charge in [-0.15, -0.1) is 0 Å². The van der Waals surface area contributed by atoms with E-state index in [4.69, 9.17) is 17.3 Å². The molecule has 2 N–H and O–H groups in total.